The molecular weight excluding hydrogens is 525 g/mol. The number of hydrogen-bond donors (Lipinski definition) is 4. The Labute approximate surface area is 225 Å². The van der Waals surface area contributed by atoms with Crippen molar-refractivity contribution in [3.05, 3.63) is 75.4 Å². The maximum absolute atomic E-state index is 14.3. The molecule has 0 amide bonds. The molecule has 4 N–H and O–H groups in total. The lowest BCUT2D eigenvalue weighted by Crippen LogP contribution is -2.63. The van der Waals surface area contributed by atoms with Crippen molar-refractivity contribution in [3.8, 4) is 0 Å². The molecule has 39 heavy (non-hydrogen) atoms. The first kappa shape index (κ1) is 27.2. The van der Waals surface area contributed by atoms with Gasteiger partial charge in [0, 0.05) is 23.5 Å². The van der Waals surface area contributed by atoms with E-state index in [1.807, 2.05) is 42.5 Å². The number of rotatable bonds is 6. The average molecular weight is 556 g/mol. The van der Waals surface area contributed by atoms with Crippen LogP contribution in [0.3, 0.4) is 0 Å². The number of carboxylic acid groups (broad SMARTS) is 2. The van der Waals surface area contributed by atoms with Crippen molar-refractivity contribution < 1.29 is 32.6 Å². The van der Waals surface area contributed by atoms with E-state index in [0.717, 1.165) is 23.6 Å². The molecule has 3 unspecified atom stereocenters. The highest BCUT2D eigenvalue weighted by atomic mass is 32.2. The summed E-state index contributed by atoms with van der Waals surface area (Å²) in [6.45, 7) is 1.98. The minimum Gasteiger partial charge on any atom is -0.483 e. The number of pyridine rings is 1. The van der Waals surface area contributed by atoms with E-state index in [9.17, 15) is 22.7 Å². The van der Waals surface area contributed by atoms with Crippen LogP contribution in [0.4, 0.5) is 4.39 Å². The highest BCUT2D eigenvalue weighted by Gasteiger charge is 2.58. The van der Waals surface area contributed by atoms with E-state index in [0.29, 0.717) is 33.5 Å². The van der Waals surface area contributed by atoms with E-state index in [1.54, 1.807) is 6.20 Å². The third-order valence-corrected chi connectivity index (χ3v) is 9.21. The summed E-state index contributed by atoms with van der Waals surface area (Å²) in [5.74, 6) is -1.57. The number of alkyl halides is 1. The topological polar surface area (TPSA) is 146 Å². The lowest BCUT2D eigenvalue weighted by atomic mass is 9.68. The highest BCUT2D eigenvalue weighted by Crippen LogP contribution is 2.53. The van der Waals surface area contributed by atoms with Crippen molar-refractivity contribution in [3.63, 3.8) is 0 Å². The summed E-state index contributed by atoms with van der Waals surface area (Å²) in [6, 6.07) is 9.61. The van der Waals surface area contributed by atoms with Crippen molar-refractivity contribution in [1.82, 2.24) is 15.0 Å². The van der Waals surface area contributed by atoms with Crippen LogP contribution in [0.1, 0.15) is 61.1 Å². The number of fused-ring (bicyclic) bond motifs is 3. The van der Waals surface area contributed by atoms with Gasteiger partial charge in [0.15, 0.2) is 5.37 Å². The minimum atomic E-state index is -4.14. The Morgan fingerprint density at radius 3 is 2.67 bits per heavy atom. The second-order valence-corrected chi connectivity index (χ2v) is 12.7. The van der Waals surface area contributed by atoms with E-state index in [1.165, 1.54) is 13.8 Å². The molecule has 9 nitrogen and oxygen atoms in total. The molecule has 2 heterocycles. The Bertz CT molecular complexity index is 1610. The Kier molecular flexibility index (Phi) is 6.72. The fourth-order valence-corrected chi connectivity index (χ4v) is 7.42. The predicted molar refractivity (Wildman–Crippen MR) is 142 cm³/mol. The van der Waals surface area contributed by atoms with E-state index in [-0.39, 0.29) is 12.9 Å². The SMILES string of the molecule is CC(C)(F)CNS(=O)(=O)C1NC23C(=CCC2C(=O)O)C=c2cccnc2=C3c2ccc(C3CC3)cc21.O=CO. The number of allylic oxidation sites excluding steroid dienone is 1. The lowest BCUT2D eigenvalue weighted by molar-refractivity contribution is -0.142. The van der Waals surface area contributed by atoms with Gasteiger partial charge in [-0.05, 0) is 73.4 Å². The third kappa shape index (κ3) is 4.68. The van der Waals surface area contributed by atoms with Gasteiger partial charge >= 0.3 is 5.97 Å². The molecule has 2 aromatic rings. The fourth-order valence-electron chi connectivity index (χ4n) is 5.84. The van der Waals surface area contributed by atoms with E-state index in [2.05, 4.69) is 15.0 Å². The molecule has 3 aliphatic carbocycles. The third-order valence-electron chi connectivity index (χ3n) is 7.67. The zero-order valence-corrected chi connectivity index (χ0v) is 22.3. The number of nitrogens with one attached hydrogen (secondary N) is 2. The minimum absolute atomic E-state index is 0.249. The number of sulfonamides is 1. The van der Waals surface area contributed by atoms with Crippen LogP contribution >= 0.6 is 0 Å². The highest BCUT2D eigenvalue weighted by molar-refractivity contribution is 7.89. The fraction of sp³-hybridized carbons (Fsp3) is 0.393. The first-order chi connectivity index (χ1) is 18.4. The Morgan fingerprint density at radius 2 is 2.03 bits per heavy atom. The van der Waals surface area contributed by atoms with Gasteiger partial charge in [0.1, 0.15) is 5.67 Å². The molecule has 1 aromatic carbocycles. The Balaban J connectivity index is 0.000000983. The molecular formula is C28H30FN3O6S. The summed E-state index contributed by atoms with van der Waals surface area (Å²) >= 11 is 0. The van der Waals surface area contributed by atoms with Gasteiger partial charge in [-0.15, -0.1) is 0 Å². The van der Waals surface area contributed by atoms with Gasteiger partial charge in [-0.3, -0.25) is 19.9 Å². The molecule has 0 bridgehead atoms. The van der Waals surface area contributed by atoms with Gasteiger partial charge in [-0.25, -0.2) is 17.5 Å². The van der Waals surface area contributed by atoms with Crippen LogP contribution in [0.15, 0.2) is 48.2 Å². The molecule has 3 atom stereocenters. The molecule has 1 aromatic heterocycles. The first-order valence-corrected chi connectivity index (χ1v) is 14.3. The zero-order chi connectivity index (χ0) is 28.2. The molecule has 0 saturated heterocycles. The summed E-state index contributed by atoms with van der Waals surface area (Å²) < 4.78 is 44.2. The van der Waals surface area contributed by atoms with Crippen molar-refractivity contribution in [2.45, 2.75) is 55.6 Å². The molecule has 1 fully saturated rings. The smallest absolute Gasteiger partial charge is 0.309 e. The second kappa shape index (κ2) is 9.65. The van der Waals surface area contributed by atoms with Gasteiger partial charge in [-0.1, -0.05) is 30.3 Å². The normalized spacial score (nSPS) is 25.0. The van der Waals surface area contributed by atoms with Gasteiger partial charge in [0.2, 0.25) is 10.0 Å². The quantitative estimate of drug-likeness (QED) is 0.394. The van der Waals surface area contributed by atoms with Gasteiger partial charge < -0.3 is 10.2 Å². The number of nitrogens with zero attached hydrogens (tertiary/aromatic N) is 1. The second-order valence-electron chi connectivity index (χ2n) is 10.9. The monoisotopic (exact) mass is 555 g/mol. The predicted octanol–water partition coefficient (Wildman–Crippen LogP) is 1.69. The number of benzene rings is 1. The zero-order valence-electron chi connectivity index (χ0n) is 21.5. The van der Waals surface area contributed by atoms with Crippen molar-refractivity contribution in [1.29, 1.82) is 0 Å². The maximum atomic E-state index is 14.3. The Morgan fingerprint density at radius 1 is 1.31 bits per heavy atom. The number of carboxylic acids is 1. The van der Waals surface area contributed by atoms with Crippen molar-refractivity contribution >= 4 is 34.1 Å². The Hall–Kier alpha value is -3.41. The first-order valence-electron chi connectivity index (χ1n) is 12.7. The summed E-state index contributed by atoms with van der Waals surface area (Å²) in [6.07, 6.45) is 7.77. The number of hydrogen-bond acceptors (Lipinski definition) is 6. The number of aliphatic carboxylic acids is 1. The molecule has 1 aliphatic heterocycles. The van der Waals surface area contributed by atoms with Crippen molar-refractivity contribution in [2.24, 2.45) is 5.92 Å². The molecule has 0 radical (unpaired) electrons. The standard InChI is InChI=1S/C27H28FN3O4S.CH2O2/c1-26(2,28)14-30-36(34,35)24-20-13-16(15-5-6-15)7-9-19(20)22-23-17(4-3-11-29-23)12-18-8-10-21(25(32)33)27(18,22)31-24;2-1-3/h3-4,7-9,11-13,15,21,24,30-31H,5-6,10,14H2,1-2H3,(H,32,33);1H,(H,2,3). The van der Waals surface area contributed by atoms with Crippen LogP contribution in [0, 0.1) is 5.92 Å². The van der Waals surface area contributed by atoms with E-state index in [4.69, 9.17) is 9.90 Å². The molecule has 6 rings (SSSR count). The molecule has 11 heteroatoms. The number of halogens is 1. The van der Waals surface area contributed by atoms with Crippen LogP contribution in [0.5, 0.6) is 0 Å². The summed E-state index contributed by atoms with van der Waals surface area (Å²) in [5, 5.41) is 20.7. The van der Waals surface area contributed by atoms with Crippen molar-refractivity contribution in [2.75, 3.05) is 6.54 Å². The lowest BCUT2D eigenvalue weighted by Gasteiger charge is -2.47. The number of aromatic nitrogens is 1. The molecule has 206 valence electrons. The van der Waals surface area contributed by atoms with E-state index < -0.39 is 45.0 Å². The molecule has 1 spiro atoms. The molecule has 4 aliphatic rings. The molecule has 1 saturated carbocycles. The van der Waals surface area contributed by atoms with Crippen LogP contribution < -0.4 is 20.6 Å². The van der Waals surface area contributed by atoms with Crippen LogP contribution in [0.2, 0.25) is 0 Å². The van der Waals surface area contributed by atoms with Crippen LogP contribution in [0.25, 0.3) is 11.6 Å². The number of carbonyl (C=O) groups is 2. The summed E-state index contributed by atoms with van der Waals surface area (Å²) in [4.78, 5) is 25.6. The van der Waals surface area contributed by atoms with Crippen LogP contribution in [-0.2, 0) is 19.6 Å². The summed E-state index contributed by atoms with van der Waals surface area (Å²) in [7, 11) is -4.14. The maximum Gasteiger partial charge on any atom is 0.309 e. The van der Waals surface area contributed by atoms with Gasteiger partial charge in [-0.2, -0.15) is 0 Å². The average Bonchev–Trinajstić information content (AvgIpc) is 3.66. The van der Waals surface area contributed by atoms with Gasteiger partial charge in [0.25, 0.3) is 6.47 Å². The van der Waals surface area contributed by atoms with E-state index >= 15 is 0 Å². The van der Waals surface area contributed by atoms with Crippen LogP contribution in [-0.4, -0.2) is 53.8 Å². The van der Waals surface area contributed by atoms with Gasteiger partial charge in [0.05, 0.1) is 16.8 Å². The summed E-state index contributed by atoms with van der Waals surface area (Å²) in [5.41, 5.74) is 0.627. The largest absolute Gasteiger partial charge is 0.483 e.